The Kier molecular flexibility index (Phi) is 4.57. The zero-order valence-electron chi connectivity index (χ0n) is 11.9. The Bertz CT molecular complexity index is 369. The third kappa shape index (κ3) is 3.46. The second-order valence-electron chi connectivity index (χ2n) is 5.32. The molecule has 0 unspecified atom stereocenters. The van der Waals surface area contributed by atoms with Gasteiger partial charge in [-0.3, -0.25) is 0 Å². The van der Waals surface area contributed by atoms with Crippen LogP contribution in [0.4, 0.5) is 0 Å². The van der Waals surface area contributed by atoms with Crippen LogP contribution in [0.1, 0.15) is 38.4 Å². The largest absolute Gasteiger partial charge is 0.481 e. The van der Waals surface area contributed by atoms with Gasteiger partial charge in [0.15, 0.2) is 0 Å². The molecule has 1 aromatic heterocycles. The summed E-state index contributed by atoms with van der Waals surface area (Å²) in [5.74, 6) is 0.851. The summed E-state index contributed by atoms with van der Waals surface area (Å²) < 4.78 is 7.16. The lowest BCUT2D eigenvalue weighted by molar-refractivity contribution is 0.324. The molecule has 0 aliphatic rings. The minimum Gasteiger partial charge on any atom is -0.481 e. The summed E-state index contributed by atoms with van der Waals surface area (Å²) in [6.07, 6.45) is 1.17. The molecule has 1 aromatic rings. The molecular weight excluding hydrogens is 214 g/mol. The Balaban J connectivity index is 2.63. The summed E-state index contributed by atoms with van der Waals surface area (Å²) in [6, 6.07) is 0. The van der Waals surface area contributed by atoms with Crippen LogP contribution in [0.25, 0.3) is 0 Å². The Morgan fingerprint density at radius 1 is 1.41 bits per heavy atom. The molecule has 0 saturated heterocycles. The zero-order valence-corrected chi connectivity index (χ0v) is 11.9. The molecule has 4 heteroatoms. The van der Waals surface area contributed by atoms with Crippen LogP contribution in [0.2, 0.25) is 0 Å². The Labute approximate surface area is 104 Å². The van der Waals surface area contributed by atoms with E-state index >= 15 is 0 Å². The summed E-state index contributed by atoms with van der Waals surface area (Å²) >= 11 is 0. The normalized spacial score (nSPS) is 11.9. The maximum Gasteiger partial charge on any atom is 0.216 e. The van der Waals surface area contributed by atoms with Gasteiger partial charge in [-0.05, 0) is 18.8 Å². The van der Waals surface area contributed by atoms with Crippen molar-refractivity contribution in [1.29, 1.82) is 0 Å². The molecule has 0 bridgehead atoms. The standard InChI is InChI=1S/C13H25N3O/c1-7-13(3,4)9-14-8-11-10(2)15-16(5)12(11)17-6/h14H,7-9H2,1-6H3. The maximum absolute atomic E-state index is 5.37. The first-order valence-electron chi connectivity index (χ1n) is 6.18. The molecule has 0 aromatic carbocycles. The van der Waals surface area contributed by atoms with Crippen LogP contribution in [0.3, 0.4) is 0 Å². The van der Waals surface area contributed by atoms with Crippen molar-refractivity contribution >= 4 is 0 Å². The van der Waals surface area contributed by atoms with Crippen LogP contribution in [0.5, 0.6) is 5.88 Å². The van der Waals surface area contributed by atoms with Gasteiger partial charge in [-0.15, -0.1) is 0 Å². The molecule has 0 saturated carbocycles. The first-order chi connectivity index (χ1) is 7.91. The fourth-order valence-electron chi connectivity index (χ4n) is 1.79. The smallest absolute Gasteiger partial charge is 0.216 e. The molecule has 1 rings (SSSR count). The van der Waals surface area contributed by atoms with Crippen molar-refractivity contribution in [2.75, 3.05) is 13.7 Å². The van der Waals surface area contributed by atoms with E-state index < -0.39 is 0 Å². The molecule has 0 fully saturated rings. The molecule has 0 aliphatic heterocycles. The summed E-state index contributed by atoms with van der Waals surface area (Å²) in [7, 11) is 3.60. The van der Waals surface area contributed by atoms with Crippen LogP contribution < -0.4 is 10.1 Å². The van der Waals surface area contributed by atoms with Gasteiger partial charge in [-0.1, -0.05) is 20.8 Å². The number of rotatable bonds is 6. The van der Waals surface area contributed by atoms with Crippen molar-refractivity contribution in [1.82, 2.24) is 15.1 Å². The topological polar surface area (TPSA) is 39.1 Å². The first-order valence-corrected chi connectivity index (χ1v) is 6.18. The molecule has 4 nitrogen and oxygen atoms in total. The van der Waals surface area contributed by atoms with Gasteiger partial charge >= 0.3 is 0 Å². The summed E-state index contributed by atoms with van der Waals surface area (Å²) in [5, 5.41) is 7.86. The number of nitrogens with zero attached hydrogens (tertiary/aromatic N) is 2. The lowest BCUT2D eigenvalue weighted by Gasteiger charge is -2.23. The van der Waals surface area contributed by atoms with Gasteiger partial charge in [-0.25, -0.2) is 4.68 Å². The fourth-order valence-corrected chi connectivity index (χ4v) is 1.79. The SMILES string of the molecule is CCC(C)(C)CNCc1c(C)nn(C)c1OC. The Morgan fingerprint density at radius 3 is 2.59 bits per heavy atom. The van der Waals surface area contributed by atoms with E-state index in [1.54, 1.807) is 11.8 Å². The molecule has 1 heterocycles. The van der Waals surface area contributed by atoms with Crippen LogP contribution in [0.15, 0.2) is 0 Å². The summed E-state index contributed by atoms with van der Waals surface area (Å²) in [4.78, 5) is 0. The molecule has 0 atom stereocenters. The van der Waals surface area contributed by atoms with Gasteiger partial charge in [0, 0.05) is 20.1 Å². The van der Waals surface area contributed by atoms with E-state index in [9.17, 15) is 0 Å². The van der Waals surface area contributed by atoms with Gasteiger partial charge in [0.05, 0.1) is 18.4 Å². The first kappa shape index (κ1) is 14.0. The quantitative estimate of drug-likeness (QED) is 0.827. The minimum atomic E-state index is 0.337. The Morgan fingerprint density at radius 2 is 2.06 bits per heavy atom. The predicted molar refractivity (Wildman–Crippen MR) is 70.3 cm³/mol. The number of aromatic nitrogens is 2. The van der Waals surface area contributed by atoms with Gasteiger partial charge in [-0.2, -0.15) is 5.10 Å². The molecule has 0 amide bonds. The van der Waals surface area contributed by atoms with E-state index in [2.05, 4.69) is 31.2 Å². The molecular formula is C13H25N3O. The van der Waals surface area contributed by atoms with Crippen molar-refractivity contribution in [2.45, 2.75) is 40.7 Å². The van der Waals surface area contributed by atoms with E-state index in [0.717, 1.165) is 30.2 Å². The Hall–Kier alpha value is -1.03. The highest BCUT2D eigenvalue weighted by Crippen LogP contribution is 2.22. The van der Waals surface area contributed by atoms with Crippen LogP contribution in [-0.4, -0.2) is 23.4 Å². The van der Waals surface area contributed by atoms with Gasteiger partial charge in [0.2, 0.25) is 5.88 Å². The van der Waals surface area contributed by atoms with Crippen molar-refractivity contribution in [3.63, 3.8) is 0 Å². The minimum absolute atomic E-state index is 0.337. The van der Waals surface area contributed by atoms with E-state index in [0.29, 0.717) is 5.41 Å². The van der Waals surface area contributed by atoms with E-state index in [-0.39, 0.29) is 0 Å². The van der Waals surface area contributed by atoms with E-state index in [4.69, 9.17) is 4.74 Å². The van der Waals surface area contributed by atoms with Crippen LogP contribution >= 0.6 is 0 Å². The fraction of sp³-hybridized carbons (Fsp3) is 0.769. The van der Waals surface area contributed by atoms with Crippen molar-refractivity contribution < 1.29 is 4.74 Å². The molecule has 0 aliphatic carbocycles. The second kappa shape index (κ2) is 5.54. The van der Waals surface area contributed by atoms with E-state index in [1.807, 2.05) is 14.0 Å². The van der Waals surface area contributed by atoms with Gasteiger partial charge in [0.1, 0.15) is 0 Å². The van der Waals surface area contributed by atoms with Crippen LogP contribution in [-0.2, 0) is 13.6 Å². The molecule has 0 radical (unpaired) electrons. The van der Waals surface area contributed by atoms with Crippen molar-refractivity contribution in [2.24, 2.45) is 12.5 Å². The lowest BCUT2D eigenvalue weighted by atomic mass is 9.90. The number of methoxy groups -OCH3 is 1. The average Bonchev–Trinajstić information content (AvgIpc) is 2.53. The number of ether oxygens (including phenoxy) is 1. The van der Waals surface area contributed by atoms with Gasteiger partial charge < -0.3 is 10.1 Å². The number of hydrogen-bond donors (Lipinski definition) is 1. The number of aryl methyl sites for hydroxylation is 2. The maximum atomic E-state index is 5.37. The average molecular weight is 239 g/mol. The number of nitrogens with one attached hydrogen (secondary N) is 1. The monoisotopic (exact) mass is 239 g/mol. The molecule has 0 spiro atoms. The molecule has 17 heavy (non-hydrogen) atoms. The van der Waals surface area contributed by atoms with E-state index in [1.165, 1.54) is 6.42 Å². The second-order valence-corrected chi connectivity index (χ2v) is 5.32. The molecule has 98 valence electrons. The highest BCUT2D eigenvalue weighted by atomic mass is 16.5. The highest BCUT2D eigenvalue weighted by Gasteiger charge is 2.17. The predicted octanol–water partition coefficient (Wildman–Crippen LogP) is 2.26. The highest BCUT2D eigenvalue weighted by molar-refractivity contribution is 5.30. The zero-order chi connectivity index (χ0) is 13.1. The van der Waals surface area contributed by atoms with Crippen molar-refractivity contribution in [3.8, 4) is 5.88 Å². The van der Waals surface area contributed by atoms with Crippen LogP contribution in [0, 0.1) is 12.3 Å². The third-order valence-corrected chi connectivity index (χ3v) is 3.34. The summed E-state index contributed by atoms with van der Waals surface area (Å²) in [6.45, 7) is 10.6. The van der Waals surface area contributed by atoms with Gasteiger partial charge in [0.25, 0.3) is 0 Å². The van der Waals surface area contributed by atoms with Crippen molar-refractivity contribution in [3.05, 3.63) is 11.3 Å². The summed E-state index contributed by atoms with van der Waals surface area (Å²) in [5.41, 5.74) is 2.52. The number of hydrogen-bond acceptors (Lipinski definition) is 3. The lowest BCUT2D eigenvalue weighted by Crippen LogP contribution is -2.28. The third-order valence-electron chi connectivity index (χ3n) is 3.34. The molecule has 1 N–H and O–H groups in total.